The Balaban J connectivity index is 1.39. The average molecular weight is 597 g/mol. The van der Waals surface area contributed by atoms with E-state index in [2.05, 4.69) is 37.2 Å². The number of hydrogen-bond donors (Lipinski definition) is 1. The molecule has 1 N–H and O–H groups in total. The largest absolute Gasteiger partial charge is 0.333 e. The van der Waals surface area contributed by atoms with Gasteiger partial charge in [-0.3, -0.25) is 9.47 Å². The summed E-state index contributed by atoms with van der Waals surface area (Å²) in [6, 6.07) is 13.3. The van der Waals surface area contributed by atoms with Crippen LogP contribution in [0, 0.1) is 23.0 Å². The molecule has 0 radical (unpaired) electrons. The third kappa shape index (κ3) is 5.34. The molecule has 1 aliphatic rings. The first-order valence-electron chi connectivity index (χ1n) is 11.8. The van der Waals surface area contributed by atoms with E-state index in [4.69, 9.17) is 11.6 Å². The lowest BCUT2D eigenvalue weighted by molar-refractivity contribution is 0.240. The molecule has 1 aliphatic heterocycles. The summed E-state index contributed by atoms with van der Waals surface area (Å²) >= 11 is 8.91. The maximum absolute atomic E-state index is 13.8. The monoisotopic (exact) mass is 595 g/mol. The summed E-state index contributed by atoms with van der Waals surface area (Å²) in [6.45, 7) is 2.13. The molecule has 2 aromatic carbocycles. The van der Waals surface area contributed by atoms with Gasteiger partial charge in [-0.05, 0) is 75.1 Å². The quantitative estimate of drug-likeness (QED) is 0.213. The number of carbonyl (C=O) groups is 1. The van der Waals surface area contributed by atoms with Gasteiger partial charge < -0.3 is 5.32 Å². The minimum absolute atomic E-state index is 0.242. The maximum Gasteiger partial charge on any atom is 0.326 e. The van der Waals surface area contributed by atoms with Crippen molar-refractivity contribution in [3.8, 4) is 6.07 Å². The summed E-state index contributed by atoms with van der Waals surface area (Å²) < 4.78 is 29.9. The molecule has 38 heavy (non-hydrogen) atoms. The predicted octanol–water partition coefficient (Wildman–Crippen LogP) is 6.43. The van der Waals surface area contributed by atoms with Crippen LogP contribution in [-0.4, -0.2) is 33.6 Å². The molecule has 0 aliphatic carbocycles. The Morgan fingerprint density at radius 3 is 2.74 bits per heavy atom. The van der Waals surface area contributed by atoms with E-state index in [1.54, 1.807) is 22.9 Å². The first-order valence-corrected chi connectivity index (χ1v) is 13.0. The highest BCUT2D eigenvalue weighted by atomic mass is 79.9. The van der Waals surface area contributed by atoms with Crippen molar-refractivity contribution in [1.82, 2.24) is 19.8 Å². The third-order valence-electron chi connectivity index (χ3n) is 6.47. The second-order valence-electron chi connectivity index (χ2n) is 8.94. The second kappa shape index (κ2) is 11.0. The van der Waals surface area contributed by atoms with Gasteiger partial charge >= 0.3 is 6.03 Å². The van der Waals surface area contributed by atoms with E-state index in [9.17, 15) is 18.8 Å². The Kier molecular flexibility index (Phi) is 7.56. The molecule has 0 saturated carbocycles. The summed E-state index contributed by atoms with van der Waals surface area (Å²) in [5, 5.41) is 12.8. The number of carbonyl (C=O) groups excluding carboxylic acids is 1. The molecule has 0 atom stereocenters. The Morgan fingerprint density at radius 2 is 2.00 bits per heavy atom. The number of benzene rings is 2. The highest BCUT2D eigenvalue weighted by molar-refractivity contribution is 9.10. The van der Waals surface area contributed by atoms with Gasteiger partial charge in [0.05, 0.1) is 17.1 Å². The van der Waals surface area contributed by atoms with Gasteiger partial charge in [-0.25, -0.2) is 18.6 Å². The van der Waals surface area contributed by atoms with Gasteiger partial charge in [0.1, 0.15) is 21.3 Å². The minimum Gasteiger partial charge on any atom is -0.333 e. The van der Waals surface area contributed by atoms with Crippen LogP contribution in [0.5, 0.6) is 0 Å². The van der Waals surface area contributed by atoms with E-state index in [0.29, 0.717) is 48.3 Å². The Labute approximate surface area is 231 Å². The standard InChI is InChI=1S/C28H21BrClF2N5O/c29-26-13-19(5-7-34-26)15-35-28(38)37-24-4-3-18(14-33)10-20(24)21-16-36(9-6-25(21)37)8-1-2-17-11-22(31)27(30)23(32)12-17/h1-5,7,10-13H,6,8-9,15-16H2,(H,35,38). The number of rotatable bonds is 5. The molecule has 1 amide bonds. The number of hydrogen-bond acceptors (Lipinski definition) is 4. The topological polar surface area (TPSA) is 74.0 Å². The van der Waals surface area contributed by atoms with Gasteiger partial charge in [0.25, 0.3) is 0 Å². The van der Waals surface area contributed by atoms with E-state index >= 15 is 0 Å². The summed E-state index contributed by atoms with van der Waals surface area (Å²) in [7, 11) is 0. The zero-order valence-corrected chi connectivity index (χ0v) is 22.4. The molecular formula is C28H21BrClF2N5O. The van der Waals surface area contributed by atoms with Crippen molar-refractivity contribution in [1.29, 1.82) is 5.26 Å². The van der Waals surface area contributed by atoms with Crippen LogP contribution >= 0.6 is 27.5 Å². The molecule has 0 spiro atoms. The van der Waals surface area contributed by atoms with Crippen LogP contribution in [0.15, 0.2) is 59.3 Å². The van der Waals surface area contributed by atoms with Crippen molar-refractivity contribution in [2.45, 2.75) is 19.5 Å². The first kappa shape index (κ1) is 26.0. The van der Waals surface area contributed by atoms with Crippen LogP contribution in [0.1, 0.15) is 27.9 Å². The van der Waals surface area contributed by atoms with Crippen molar-refractivity contribution in [3.05, 3.63) is 104 Å². The molecule has 4 aromatic rings. The zero-order valence-electron chi connectivity index (χ0n) is 20.0. The molecule has 6 nitrogen and oxygen atoms in total. The lowest BCUT2D eigenvalue weighted by Crippen LogP contribution is -2.34. The molecule has 0 fully saturated rings. The van der Waals surface area contributed by atoms with Crippen molar-refractivity contribution in [2.24, 2.45) is 0 Å². The molecule has 5 rings (SSSR count). The molecule has 10 heteroatoms. The number of nitrogens with one attached hydrogen (secondary N) is 1. The van der Waals surface area contributed by atoms with Crippen LogP contribution in [0.3, 0.4) is 0 Å². The Hall–Kier alpha value is -3.58. The number of pyridine rings is 1. The fraction of sp³-hybridized carbons (Fsp3) is 0.179. The third-order valence-corrected chi connectivity index (χ3v) is 7.27. The number of amides is 1. The SMILES string of the molecule is N#Cc1ccc2c(c1)c1c(n2C(=O)NCc2ccnc(Br)c2)CCN(CC=Cc2cc(F)c(Cl)c(F)c2)C1. The molecule has 2 aromatic heterocycles. The van der Waals surface area contributed by atoms with E-state index in [-0.39, 0.29) is 6.03 Å². The van der Waals surface area contributed by atoms with Gasteiger partial charge in [-0.15, -0.1) is 0 Å². The van der Waals surface area contributed by atoms with Crippen LogP contribution in [0.4, 0.5) is 13.6 Å². The summed E-state index contributed by atoms with van der Waals surface area (Å²) in [4.78, 5) is 19.6. The fourth-order valence-electron chi connectivity index (χ4n) is 4.69. The maximum atomic E-state index is 13.8. The number of halogens is 4. The van der Waals surface area contributed by atoms with Crippen molar-refractivity contribution in [2.75, 3.05) is 13.1 Å². The number of fused-ring (bicyclic) bond motifs is 3. The number of nitrogens with zero attached hydrogens (tertiary/aromatic N) is 4. The fourth-order valence-corrected chi connectivity index (χ4v) is 5.21. The van der Waals surface area contributed by atoms with Crippen molar-refractivity contribution < 1.29 is 13.6 Å². The molecule has 0 bridgehead atoms. The molecule has 3 heterocycles. The van der Waals surface area contributed by atoms with Gasteiger partial charge in [0.15, 0.2) is 0 Å². The zero-order chi connectivity index (χ0) is 26.8. The second-order valence-corrected chi connectivity index (χ2v) is 10.1. The molecule has 192 valence electrons. The Bertz CT molecular complexity index is 1600. The highest BCUT2D eigenvalue weighted by Crippen LogP contribution is 2.32. The smallest absolute Gasteiger partial charge is 0.326 e. The normalized spacial score (nSPS) is 13.6. The summed E-state index contributed by atoms with van der Waals surface area (Å²) in [5.41, 5.74) is 4.45. The van der Waals surface area contributed by atoms with E-state index in [1.807, 2.05) is 30.3 Å². The van der Waals surface area contributed by atoms with E-state index in [1.165, 1.54) is 12.1 Å². The average Bonchev–Trinajstić information content (AvgIpc) is 3.23. The predicted molar refractivity (Wildman–Crippen MR) is 146 cm³/mol. The van der Waals surface area contributed by atoms with Gasteiger partial charge in [-0.2, -0.15) is 5.26 Å². The minimum atomic E-state index is -0.801. The van der Waals surface area contributed by atoms with Crippen LogP contribution in [0.25, 0.3) is 17.0 Å². The first-order chi connectivity index (χ1) is 18.3. The highest BCUT2D eigenvalue weighted by Gasteiger charge is 2.26. The van der Waals surface area contributed by atoms with Gasteiger partial charge in [-0.1, -0.05) is 23.8 Å². The molecular weight excluding hydrogens is 576 g/mol. The summed E-state index contributed by atoms with van der Waals surface area (Å²) in [5.74, 6) is -1.60. The Morgan fingerprint density at radius 1 is 1.21 bits per heavy atom. The van der Waals surface area contributed by atoms with Crippen LogP contribution in [-0.2, 0) is 19.5 Å². The molecule has 0 unspecified atom stereocenters. The van der Waals surface area contributed by atoms with Crippen molar-refractivity contribution >= 4 is 50.5 Å². The lowest BCUT2D eigenvalue weighted by atomic mass is 10.0. The van der Waals surface area contributed by atoms with Gasteiger partial charge in [0.2, 0.25) is 0 Å². The van der Waals surface area contributed by atoms with Crippen molar-refractivity contribution in [3.63, 3.8) is 0 Å². The van der Waals surface area contributed by atoms with Crippen LogP contribution < -0.4 is 5.32 Å². The van der Waals surface area contributed by atoms with E-state index < -0.39 is 16.7 Å². The summed E-state index contributed by atoms with van der Waals surface area (Å²) in [6.07, 6.45) is 5.79. The van der Waals surface area contributed by atoms with Crippen LogP contribution in [0.2, 0.25) is 5.02 Å². The number of aromatic nitrogens is 2. The number of nitriles is 1. The van der Waals surface area contributed by atoms with Gasteiger partial charge in [0, 0.05) is 49.9 Å². The lowest BCUT2D eigenvalue weighted by Gasteiger charge is -2.27. The van der Waals surface area contributed by atoms with E-state index in [0.717, 1.165) is 27.7 Å². The molecule has 0 saturated heterocycles.